The molecule has 0 aliphatic carbocycles. The van der Waals surface area contributed by atoms with Crippen LogP contribution in [0.15, 0.2) is 65.7 Å². The first-order valence-electron chi connectivity index (χ1n) is 8.10. The minimum Gasteiger partial charge on any atom is -0.493 e. The molecular formula is C21H21NO. The molecule has 3 aromatic rings. The number of hydrogen-bond acceptors (Lipinski definition) is 2. The lowest BCUT2D eigenvalue weighted by molar-refractivity contribution is 0.340. The van der Waals surface area contributed by atoms with Crippen molar-refractivity contribution in [1.29, 1.82) is 0 Å². The molecule has 0 spiro atoms. The Bertz CT molecular complexity index is 836. The summed E-state index contributed by atoms with van der Waals surface area (Å²) in [6, 6.07) is 20.7. The number of benzene rings is 3. The van der Waals surface area contributed by atoms with Crippen LogP contribution in [-0.4, -0.2) is 12.8 Å². The van der Waals surface area contributed by atoms with Crippen molar-refractivity contribution in [3.63, 3.8) is 0 Å². The van der Waals surface area contributed by atoms with Gasteiger partial charge < -0.3 is 4.74 Å². The minimum absolute atomic E-state index is 0.644. The van der Waals surface area contributed by atoms with Gasteiger partial charge in [-0.15, -0.1) is 0 Å². The first kappa shape index (κ1) is 15.3. The van der Waals surface area contributed by atoms with Crippen molar-refractivity contribution in [3.05, 3.63) is 71.8 Å². The van der Waals surface area contributed by atoms with Crippen molar-refractivity contribution >= 4 is 22.7 Å². The third-order valence-corrected chi connectivity index (χ3v) is 3.94. The molecule has 0 N–H and O–H groups in total. The molecule has 3 rings (SSSR count). The maximum absolute atomic E-state index is 5.80. The van der Waals surface area contributed by atoms with Crippen LogP contribution in [0.3, 0.4) is 0 Å². The predicted molar refractivity (Wildman–Crippen MR) is 98.2 cm³/mol. The second kappa shape index (κ2) is 7.10. The van der Waals surface area contributed by atoms with Crippen LogP contribution in [0.4, 0.5) is 5.69 Å². The third-order valence-electron chi connectivity index (χ3n) is 3.94. The van der Waals surface area contributed by atoms with Gasteiger partial charge >= 0.3 is 0 Å². The van der Waals surface area contributed by atoms with Crippen molar-refractivity contribution in [2.75, 3.05) is 6.61 Å². The van der Waals surface area contributed by atoms with E-state index in [-0.39, 0.29) is 0 Å². The van der Waals surface area contributed by atoms with Gasteiger partial charge in [0.15, 0.2) is 0 Å². The molecule has 0 saturated heterocycles. The van der Waals surface area contributed by atoms with Crippen LogP contribution < -0.4 is 4.74 Å². The highest BCUT2D eigenvalue weighted by atomic mass is 16.5. The fraction of sp³-hybridized carbons (Fsp3) is 0.190. The van der Waals surface area contributed by atoms with Crippen LogP contribution in [0.1, 0.15) is 25.0 Å². The van der Waals surface area contributed by atoms with Crippen LogP contribution in [0.2, 0.25) is 0 Å². The van der Waals surface area contributed by atoms with Crippen molar-refractivity contribution < 1.29 is 4.74 Å². The smallest absolute Gasteiger partial charge is 0.128 e. The van der Waals surface area contributed by atoms with Crippen molar-refractivity contribution in [2.24, 2.45) is 4.99 Å². The Morgan fingerprint density at radius 3 is 2.52 bits per heavy atom. The van der Waals surface area contributed by atoms with Gasteiger partial charge in [-0.05, 0) is 41.8 Å². The molecule has 0 aliphatic rings. The van der Waals surface area contributed by atoms with Crippen LogP contribution >= 0.6 is 0 Å². The van der Waals surface area contributed by atoms with Crippen molar-refractivity contribution in [2.45, 2.75) is 20.3 Å². The van der Waals surface area contributed by atoms with Crippen LogP contribution in [-0.2, 0) is 6.42 Å². The summed E-state index contributed by atoms with van der Waals surface area (Å²) in [5.41, 5.74) is 3.31. The van der Waals surface area contributed by atoms with E-state index in [0.717, 1.165) is 28.8 Å². The molecule has 2 nitrogen and oxygen atoms in total. The van der Waals surface area contributed by atoms with Gasteiger partial charge in [-0.2, -0.15) is 0 Å². The molecule has 0 heterocycles. The Hall–Kier alpha value is -2.61. The van der Waals surface area contributed by atoms with Gasteiger partial charge in [0.25, 0.3) is 0 Å². The van der Waals surface area contributed by atoms with Crippen LogP contribution in [0.5, 0.6) is 5.75 Å². The number of nitrogens with zero attached hydrogens (tertiary/aromatic N) is 1. The van der Waals surface area contributed by atoms with E-state index in [4.69, 9.17) is 9.73 Å². The van der Waals surface area contributed by atoms with Gasteiger partial charge in [0.05, 0.1) is 12.3 Å². The summed E-state index contributed by atoms with van der Waals surface area (Å²) in [7, 11) is 0. The van der Waals surface area contributed by atoms with E-state index in [9.17, 15) is 0 Å². The first-order valence-corrected chi connectivity index (χ1v) is 8.10. The number of rotatable bonds is 5. The van der Waals surface area contributed by atoms with Gasteiger partial charge in [0.1, 0.15) is 5.75 Å². The third kappa shape index (κ3) is 3.26. The predicted octanol–water partition coefficient (Wildman–Crippen LogP) is 5.55. The molecular weight excluding hydrogens is 282 g/mol. The highest BCUT2D eigenvalue weighted by Crippen LogP contribution is 2.28. The molecule has 0 saturated carbocycles. The molecule has 0 bridgehead atoms. The summed E-state index contributed by atoms with van der Waals surface area (Å²) in [6.07, 6.45) is 2.91. The minimum atomic E-state index is 0.644. The molecule has 0 unspecified atom stereocenters. The Morgan fingerprint density at radius 2 is 1.70 bits per heavy atom. The van der Waals surface area contributed by atoms with Gasteiger partial charge in [-0.1, -0.05) is 55.5 Å². The molecule has 3 aromatic carbocycles. The van der Waals surface area contributed by atoms with Gasteiger partial charge in [-0.3, -0.25) is 4.99 Å². The largest absolute Gasteiger partial charge is 0.493 e. The number of fused-ring (bicyclic) bond motifs is 1. The second-order valence-electron chi connectivity index (χ2n) is 5.37. The average Bonchev–Trinajstić information content (AvgIpc) is 2.61. The van der Waals surface area contributed by atoms with Gasteiger partial charge in [0.2, 0.25) is 0 Å². The monoisotopic (exact) mass is 303 g/mol. The normalized spacial score (nSPS) is 11.2. The van der Waals surface area contributed by atoms with E-state index in [1.54, 1.807) is 0 Å². The maximum Gasteiger partial charge on any atom is 0.128 e. The first-order chi connectivity index (χ1) is 11.3. The van der Waals surface area contributed by atoms with E-state index < -0.39 is 0 Å². The van der Waals surface area contributed by atoms with E-state index in [1.807, 2.05) is 25.3 Å². The Kier molecular flexibility index (Phi) is 4.72. The van der Waals surface area contributed by atoms with Crippen LogP contribution in [0, 0.1) is 0 Å². The Balaban J connectivity index is 2.10. The molecule has 0 amide bonds. The molecule has 0 fully saturated rings. The summed E-state index contributed by atoms with van der Waals surface area (Å²) in [4.78, 5) is 4.74. The fourth-order valence-electron chi connectivity index (χ4n) is 2.76. The molecule has 0 atom stereocenters. The summed E-state index contributed by atoms with van der Waals surface area (Å²) < 4.78 is 5.80. The number of ether oxygens (including phenoxy) is 1. The highest BCUT2D eigenvalue weighted by molar-refractivity contribution is 6.03. The molecule has 0 radical (unpaired) electrons. The van der Waals surface area contributed by atoms with Gasteiger partial charge in [-0.25, -0.2) is 0 Å². The summed E-state index contributed by atoms with van der Waals surface area (Å²) in [6.45, 7) is 4.80. The Morgan fingerprint density at radius 1 is 0.913 bits per heavy atom. The van der Waals surface area contributed by atoms with Gasteiger partial charge in [0, 0.05) is 11.8 Å². The number of aryl methyl sites for hydroxylation is 1. The average molecular weight is 303 g/mol. The fourth-order valence-corrected chi connectivity index (χ4v) is 2.76. The lowest BCUT2D eigenvalue weighted by Gasteiger charge is -2.10. The zero-order valence-electron chi connectivity index (χ0n) is 13.6. The lowest BCUT2D eigenvalue weighted by Crippen LogP contribution is -1.97. The molecule has 116 valence electrons. The summed E-state index contributed by atoms with van der Waals surface area (Å²) >= 11 is 0. The Labute approximate surface area is 137 Å². The lowest BCUT2D eigenvalue weighted by atomic mass is 10.0. The van der Waals surface area contributed by atoms with E-state index in [1.165, 1.54) is 10.9 Å². The van der Waals surface area contributed by atoms with E-state index in [2.05, 4.69) is 55.5 Å². The van der Waals surface area contributed by atoms with E-state index >= 15 is 0 Å². The summed E-state index contributed by atoms with van der Waals surface area (Å²) in [5, 5.41) is 2.36. The molecule has 23 heavy (non-hydrogen) atoms. The quantitative estimate of drug-likeness (QED) is 0.566. The SMILES string of the molecule is CCOc1ccc2ccccc2c1/C=N/c1ccccc1CC. The number of hydrogen-bond donors (Lipinski definition) is 0. The number of para-hydroxylation sites is 1. The zero-order valence-corrected chi connectivity index (χ0v) is 13.6. The summed E-state index contributed by atoms with van der Waals surface area (Å²) in [5.74, 6) is 0.879. The van der Waals surface area contributed by atoms with E-state index in [0.29, 0.717) is 6.61 Å². The topological polar surface area (TPSA) is 21.6 Å². The maximum atomic E-state index is 5.80. The second-order valence-corrected chi connectivity index (χ2v) is 5.37. The standard InChI is InChI=1S/C21H21NO/c1-3-16-9-6-8-12-20(16)22-15-19-18-11-7-5-10-17(18)13-14-21(19)23-4-2/h5-15H,3-4H2,1-2H3/b22-15+. The van der Waals surface area contributed by atoms with Crippen LogP contribution in [0.25, 0.3) is 10.8 Å². The zero-order chi connectivity index (χ0) is 16.1. The van der Waals surface area contributed by atoms with Crippen molar-refractivity contribution in [1.82, 2.24) is 0 Å². The molecule has 2 heteroatoms. The molecule has 0 aliphatic heterocycles. The number of aliphatic imine (C=N–C) groups is 1. The molecule has 0 aromatic heterocycles. The highest BCUT2D eigenvalue weighted by Gasteiger charge is 2.07. The van der Waals surface area contributed by atoms with Crippen molar-refractivity contribution in [3.8, 4) is 5.75 Å².